The van der Waals surface area contributed by atoms with Crippen molar-refractivity contribution in [1.82, 2.24) is 4.98 Å². The first-order valence-corrected chi connectivity index (χ1v) is 7.67. The van der Waals surface area contributed by atoms with Gasteiger partial charge in [0.15, 0.2) is 0 Å². The lowest BCUT2D eigenvalue weighted by Gasteiger charge is -2.19. The fourth-order valence-electron chi connectivity index (χ4n) is 2.61. The quantitative estimate of drug-likeness (QED) is 0.588. The Kier molecular flexibility index (Phi) is 3.81. The van der Waals surface area contributed by atoms with Gasteiger partial charge in [0.05, 0.1) is 5.69 Å². The van der Waals surface area contributed by atoms with E-state index in [1.54, 1.807) is 0 Å². The Morgan fingerprint density at radius 2 is 1.36 bits per heavy atom. The standard InChI is InChI=1S/C21H21N/c1-21(2,3)18-13-11-17(12-14-18)20-19(10-7-15-22-20)16-8-5-4-6-9-16/h4-15H,1-3H3. The van der Waals surface area contributed by atoms with E-state index in [-0.39, 0.29) is 5.41 Å². The predicted molar refractivity (Wildman–Crippen MR) is 93.8 cm³/mol. The average Bonchev–Trinajstić information content (AvgIpc) is 2.55. The molecule has 1 heterocycles. The van der Waals surface area contributed by atoms with Crippen molar-refractivity contribution in [2.75, 3.05) is 0 Å². The van der Waals surface area contributed by atoms with Crippen molar-refractivity contribution < 1.29 is 0 Å². The molecule has 0 aliphatic heterocycles. The highest BCUT2D eigenvalue weighted by molar-refractivity contribution is 5.80. The minimum absolute atomic E-state index is 0.172. The monoisotopic (exact) mass is 287 g/mol. The molecule has 0 fully saturated rings. The van der Waals surface area contributed by atoms with Gasteiger partial charge in [0, 0.05) is 17.3 Å². The summed E-state index contributed by atoms with van der Waals surface area (Å²) in [6.45, 7) is 6.70. The summed E-state index contributed by atoms with van der Waals surface area (Å²) in [4.78, 5) is 4.62. The van der Waals surface area contributed by atoms with Crippen molar-refractivity contribution in [1.29, 1.82) is 0 Å². The summed E-state index contributed by atoms with van der Waals surface area (Å²) >= 11 is 0. The summed E-state index contributed by atoms with van der Waals surface area (Å²) in [5.41, 5.74) is 6.08. The molecule has 22 heavy (non-hydrogen) atoms. The minimum atomic E-state index is 0.172. The van der Waals surface area contributed by atoms with Crippen LogP contribution in [-0.2, 0) is 5.41 Å². The second-order valence-corrected chi connectivity index (χ2v) is 6.59. The maximum atomic E-state index is 4.62. The molecule has 1 aromatic heterocycles. The molecule has 0 atom stereocenters. The van der Waals surface area contributed by atoms with Crippen molar-refractivity contribution in [3.05, 3.63) is 78.5 Å². The summed E-state index contributed by atoms with van der Waals surface area (Å²) in [6.07, 6.45) is 1.86. The van der Waals surface area contributed by atoms with Gasteiger partial charge in [-0.15, -0.1) is 0 Å². The Morgan fingerprint density at radius 3 is 2.00 bits per heavy atom. The minimum Gasteiger partial charge on any atom is -0.256 e. The molecule has 110 valence electrons. The maximum Gasteiger partial charge on any atom is 0.0780 e. The Hall–Kier alpha value is -2.41. The Bertz CT molecular complexity index is 750. The van der Waals surface area contributed by atoms with Gasteiger partial charge >= 0.3 is 0 Å². The van der Waals surface area contributed by atoms with E-state index in [1.807, 2.05) is 18.3 Å². The van der Waals surface area contributed by atoms with Gasteiger partial charge in [0.1, 0.15) is 0 Å². The van der Waals surface area contributed by atoms with Crippen LogP contribution in [0.5, 0.6) is 0 Å². The molecule has 1 heteroatoms. The second-order valence-electron chi connectivity index (χ2n) is 6.59. The average molecular weight is 287 g/mol. The van der Waals surface area contributed by atoms with Gasteiger partial charge in [-0.05, 0) is 22.6 Å². The van der Waals surface area contributed by atoms with Crippen LogP contribution in [0.15, 0.2) is 72.9 Å². The molecule has 3 rings (SSSR count). The predicted octanol–water partition coefficient (Wildman–Crippen LogP) is 5.71. The van der Waals surface area contributed by atoms with Crippen LogP contribution in [0.2, 0.25) is 0 Å². The van der Waals surface area contributed by atoms with Crippen LogP contribution in [0.1, 0.15) is 26.3 Å². The van der Waals surface area contributed by atoms with Crippen molar-refractivity contribution in [3.63, 3.8) is 0 Å². The van der Waals surface area contributed by atoms with Gasteiger partial charge < -0.3 is 0 Å². The number of aromatic nitrogens is 1. The van der Waals surface area contributed by atoms with E-state index < -0.39 is 0 Å². The highest BCUT2D eigenvalue weighted by Gasteiger charge is 2.14. The maximum absolute atomic E-state index is 4.62. The van der Waals surface area contributed by atoms with E-state index in [0.717, 1.165) is 11.3 Å². The van der Waals surface area contributed by atoms with E-state index in [9.17, 15) is 0 Å². The number of hydrogen-bond donors (Lipinski definition) is 0. The highest BCUT2D eigenvalue weighted by Crippen LogP contribution is 2.31. The molecule has 3 aromatic rings. The van der Waals surface area contributed by atoms with Crippen molar-refractivity contribution in [2.24, 2.45) is 0 Å². The van der Waals surface area contributed by atoms with E-state index >= 15 is 0 Å². The molecule has 0 aliphatic rings. The molecule has 0 radical (unpaired) electrons. The van der Waals surface area contributed by atoms with Crippen molar-refractivity contribution >= 4 is 0 Å². The van der Waals surface area contributed by atoms with Gasteiger partial charge in [0.25, 0.3) is 0 Å². The van der Waals surface area contributed by atoms with E-state index in [1.165, 1.54) is 16.7 Å². The zero-order chi connectivity index (χ0) is 15.6. The first kappa shape index (κ1) is 14.5. The lowest BCUT2D eigenvalue weighted by molar-refractivity contribution is 0.590. The van der Waals surface area contributed by atoms with E-state index in [4.69, 9.17) is 0 Å². The Balaban J connectivity index is 2.06. The molecule has 0 N–H and O–H groups in total. The molecular formula is C21H21N. The second kappa shape index (κ2) is 5.76. The molecule has 0 saturated carbocycles. The molecule has 0 amide bonds. The van der Waals surface area contributed by atoms with Gasteiger partial charge in [-0.25, -0.2) is 0 Å². The zero-order valence-corrected chi connectivity index (χ0v) is 13.4. The molecule has 0 bridgehead atoms. The highest BCUT2D eigenvalue weighted by atomic mass is 14.7. The summed E-state index contributed by atoms with van der Waals surface area (Å²) < 4.78 is 0. The fourth-order valence-corrected chi connectivity index (χ4v) is 2.61. The molecular weight excluding hydrogens is 266 g/mol. The van der Waals surface area contributed by atoms with Crippen LogP contribution in [0.25, 0.3) is 22.4 Å². The van der Waals surface area contributed by atoms with Crippen molar-refractivity contribution in [2.45, 2.75) is 26.2 Å². The number of pyridine rings is 1. The zero-order valence-electron chi connectivity index (χ0n) is 13.4. The van der Waals surface area contributed by atoms with Gasteiger partial charge in [-0.2, -0.15) is 0 Å². The SMILES string of the molecule is CC(C)(C)c1ccc(-c2ncccc2-c2ccccc2)cc1. The van der Waals surface area contributed by atoms with Gasteiger partial charge in [-0.3, -0.25) is 4.98 Å². The van der Waals surface area contributed by atoms with Gasteiger partial charge in [0.2, 0.25) is 0 Å². The number of benzene rings is 2. The molecule has 0 saturated heterocycles. The molecule has 0 unspecified atom stereocenters. The third-order valence-electron chi connectivity index (χ3n) is 3.92. The lowest BCUT2D eigenvalue weighted by atomic mass is 9.86. The van der Waals surface area contributed by atoms with Crippen LogP contribution < -0.4 is 0 Å². The van der Waals surface area contributed by atoms with Gasteiger partial charge in [-0.1, -0.05) is 81.4 Å². The molecule has 1 nitrogen and oxygen atoms in total. The van der Waals surface area contributed by atoms with Crippen LogP contribution in [0, 0.1) is 0 Å². The van der Waals surface area contributed by atoms with Crippen LogP contribution >= 0.6 is 0 Å². The summed E-state index contributed by atoms with van der Waals surface area (Å²) in [6, 6.07) is 23.3. The smallest absolute Gasteiger partial charge is 0.0780 e. The topological polar surface area (TPSA) is 12.9 Å². The third-order valence-corrected chi connectivity index (χ3v) is 3.92. The van der Waals surface area contributed by atoms with E-state index in [0.29, 0.717) is 0 Å². The first-order valence-electron chi connectivity index (χ1n) is 7.67. The normalized spacial score (nSPS) is 11.4. The lowest BCUT2D eigenvalue weighted by Crippen LogP contribution is -2.10. The van der Waals surface area contributed by atoms with Crippen LogP contribution in [0.3, 0.4) is 0 Å². The molecule has 0 spiro atoms. The number of rotatable bonds is 2. The summed E-state index contributed by atoms with van der Waals surface area (Å²) in [5.74, 6) is 0. The number of hydrogen-bond acceptors (Lipinski definition) is 1. The fraction of sp³-hybridized carbons (Fsp3) is 0.190. The number of nitrogens with zero attached hydrogens (tertiary/aromatic N) is 1. The Morgan fingerprint density at radius 1 is 0.682 bits per heavy atom. The van der Waals surface area contributed by atoms with E-state index in [2.05, 4.69) is 80.4 Å². The Labute approximate surface area is 132 Å². The van der Waals surface area contributed by atoms with Crippen LogP contribution in [0.4, 0.5) is 0 Å². The van der Waals surface area contributed by atoms with Crippen molar-refractivity contribution in [3.8, 4) is 22.4 Å². The molecule has 0 aliphatic carbocycles. The summed E-state index contributed by atoms with van der Waals surface area (Å²) in [5, 5.41) is 0. The third kappa shape index (κ3) is 2.94. The first-order chi connectivity index (χ1) is 10.6. The summed E-state index contributed by atoms with van der Waals surface area (Å²) in [7, 11) is 0. The molecule has 2 aromatic carbocycles. The van der Waals surface area contributed by atoms with Crippen LogP contribution in [-0.4, -0.2) is 4.98 Å². The largest absolute Gasteiger partial charge is 0.256 e.